The third-order valence-electron chi connectivity index (χ3n) is 2.34. The average Bonchev–Trinajstić information content (AvgIpc) is 2.71. The standard InChI is InChI=1S/C11H11ClN2O4S/c1-7-5-9(3-4-10(7)19(12,15)16)17-6-11-14-13-8(2)18-11/h3-5H,6H2,1-2H3. The van der Waals surface area contributed by atoms with E-state index in [1.165, 1.54) is 12.1 Å². The van der Waals surface area contributed by atoms with Gasteiger partial charge in [-0.25, -0.2) is 8.42 Å². The molecular weight excluding hydrogens is 292 g/mol. The van der Waals surface area contributed by atoms with Gasteiger partial charge in [-0.1, -0.05) is 0 Å². The van der Waals surface area contributed by atoms with Crippen molar-refractivity contribution in [2.24, 2.45) is 0 Å². The lowest BCUT2D eigenvalue weighted by molar-refractivity contribution is 0.260. The van der Waals surface area contributed by atoms with Gasteiger partial charge in [0, 0.05) is 17.6 Å². The molecule has 102 valence electrons. The molecule has 0 spiro atoms. The van der Waals surface area contributed by atoms with Crippen LogP contribution in [0, 0.1) is 13.8 Å². The average molecular weight is 303 g/mol. The van der Waals surface area contributed by atoms with Crippen LogP contribution in [0.15, 0.2) is 27.5 Å². The highest BCUT2D eigenvalue weighted by Crippen LogP contribution is 2.24. The summed E-state index contributed by atoms with van der Waals surface area (Å²) in [6, 6.07) is 4.50. The van der Waals surface area contributed by atoms with E-state index in [1.54, 1.807) is 19.9 Å². The number of benzene rings is 1. The molecule has 0 amide bonds. The summed E-state index contributed by atoms with van der Waals surface area (Å²) in [5.74, 6) is 1.31. The minimum absolute atomic E-state index is 0.0650. The summed E-state index contributed by atoms with van der Waals surface area (Å²) in [6.45, 7) is 3.44. The van der Waals surface area contributed by atoms with Crippen molar-refractivity contribution < 1.29 is 17.6 Å². The molecule has 19 heavy (non-hydrogen) atoms. The Morgan fingerprint density at radius 1 is 1.32 bits per heavy atom. The van der Waals surface area contributed by atoms with Crippen molar-refractivity contribution >= 4 is 19.7 Å². The first-order valence-electron chi connectivity index (χ1n) is 5.33. The number of nitrogens with zero attached hydrogens (tertiary/aromatic N) is 2. The predicted octanol–water partition coefficient (Wildman–Crippen LogP) is 2.19. The second kappa shape index (κ2) is 5.18. The summed E-state index contributed by atoms with van der Waals surface area (Å²) >= 11 is 0. The first-order chi connectivity index (χ1) is 8.86. The van der Waals surface area contributed by atoms with Crippen LogP contribution in [0.5, 0.6) is 5.75 Å². The SMILES string of the molecule is Cc1nnc(COc2ccc(S(=O)(=O)Cl)c(C)c2)o1. The van der Waals surface area contributed by atoms with Crippen LogP contribution in [0.2, 0.25) is 0 Å². The topological polar surface area (TPSA) is 82.3 Å². The summed E-state index contributed by atoms with van der Waals surface area (Å²) in [6.07, 6.45) is 0. The molecule has 1 aromatic heterocycles. The molecule has 0 unspecified atom stereocenters. The predicted molar refractivity (Wildman–Crippen MR) is 67.6 cm³/mol. The van der Waals surface area contributed by atoms with Gasteiger partial charge in [0.2, 0.25) is 5.89 Å². The Kier molecular flexibility index (Phi) is 3.77. The van der Waals surface area contributed by atoms with E-state index in [1.807, 2.05) is 0 Å². The smallest absolute Gasteiger partial charge is 0.261 e. The van der Waals surface area contributed by atoms with Crippen molar-refractivity contribution in [2.45, 2.75) is 25.3 Å². The van der Waals surface area contributed by atoms with Crippen LogP contribution in [0.25, 0.3) is 0 Å². The van der Waals surface area contributed by atoms with Crippen molar-refractivity contribution in [3.63, 3.8) is 0 Å². The quantitative estimate of drug-likeness (QED) is 0.805. The van der Waals surface area contributed by atoms with Gasteiger partial charge >= 0.3 is 0 Å². The molecule has 0 bridgehead atoms. The van der Waals surface area contributed by atoms with E-state index in [4.69, 9.17) is 19.8 Å². The molecule has 0 N–H and O–H groups in total. The van der Waals surface area contributed by atoms with Crippen LogP contribution in [0.1, 0.15) is 17.3 Å². The number of rotatable bonds is 4. The highest BCUT2D eigenvalue weighted by atomic mass is 35.7. The van der Waals surface area contributed by atoms with Gasteiger partial charge < -0.3 is 9.15 Å². The Hall–Kier alpha value is -1.60. The van der Waals surface area contributed by atoms with Crippen LogP contribution < -0.4 is 4.74 Å². The third-order valence-corrected chi connectivity index (χ3v) is 3.82. The van der Waals surface area contributed by atoms with E-state index < -0.39 is 9.05 Å². The Balaban J connectivity index is 2.12. The van der Waals surface area contributed by atoms with Gasteiger partial charge in [-0.3, -0.25) is 0 Å². The van der Waals surface area contributed by atoms with Gasteiger partial charge in [-0.05, 0) is 30.7 Å². The second-order valence-electron chi connectivity index (χ2n) is 3.87. The van der Waals surface area contributed by atoms with E-state index in [2.05, 4.69) is 10.2 Å². The molecule has 0 radical (unpaired) electrons. The van der Waals surface area contributed by atoms with Gasteiger partial charge in [-0.2, -0.15) is 0 Å². The highest BCUT2D eigenvalue weighted by molar-refractivity contribution is 8.13. The Labute approximate surface area is 114 Å². The van der Waals surface area contributed by atoms with Gasteiger partial charge in [-0.15, -0.1) is 10.2 Å². The van der Waals surface area contributed by atoms with Gasteiger partial charge in [0.1, 0.15) is 5.75 Å². The summed E-state index contributed by atoms with van der Waals surface area (Å²) < 4.78 is 33.0. The summed E-state index contributed by atoms with van der Waals surface area (Å²) in [4.78, 5) is 0.0650. The number of ether oxygens (including phenoxy) is 1. The minimum Gasteiger partial charge on any atom is -0.484 e. The van der Waals surface area contributed by atoms with E-state index in [0.717, 1.165) is 0 Å². The molecule has 2 rings (SSSR count). The van der Waals surface area contributed by atoms with E-state index in [9.17, 15) is 8.42 Å². The van der Waals surface area contributed by atoms with Crippen LogP contribution in [-0.2, 0) is 15.7 Å². The van der Waals surface area contributed by atoms with Gasteiger partial charge in [0.05, 0.1) is 4.90 Å². The Morgan fingerprint density at radius 3 is 2.58 bits per heavy atom. The fourth-order valence-electron chi connectivity index (χ4n) is 1.53. The fourth-order valence-corrected chi connectivity index (χ4v) is 2.72. The molecule has 0 aliphatic rings. The molecule has 6 nitrogen and oxygen atoms in total. The number of halogens is 1. The van der Waals surface area contributed by atoms with E-state index in [0.29, 0.717) is 23.1 Å². The van der Waals surface area contributed by atoms with Gasteiger partial charge in [0.15, 0.2) is 6.61 Å². The van der Waals surface area contributed by atoms with Crippen molar-refractivity contribution in [3.05, 3.63) is 35.5 Å². The molecule has 8 heteroatoms. The van der Waals surface area contributed by atoms with Crippen molar-refractivity contribution in [2.75, 3.05) is 0 Å². The zero-order valence-corrected chi connectivity index (χ0v) is 11.8. The monoisotopic (exact) mass is 302 g/mol. The maximum atomic E-state index is 11.2. The first kappa shape index (κ1) is 13.8. The zero-order valence-electron chi connectivity index (χ0n) is 10.3. The Morgan fingerprint density at radius 2 is 2.05 bits per heavy atom. The molecule has 0 aliphatic carbocycles. The van der Waals surface area contributed by atoms with E-state index in [-0.39, 0.29) is 11.5 Å². The molecule has 0 saturated carbocycles. The fraction of sp³-hybridized carbons (Fsp3) is 0.273. The summed E-state index contributed by atoms with van der Waals surface area (Å²) in [7, 11) is 1.55. The maximum Gasteiger partial charge on any atom is 0.261 e. The largest absolute Gasteiger partial charge is 0.484 e. The molecule has 0 atom stereocenters. The molecule has 2 aromatic rings. The maximum absolute atomic E-state index is 11.2. The van der Waals surface area contributed by atoms with Crippen molar-refractivity contribution in [1.82, 2.24) is 10.2 Å². The van der Waals surface area contributed by atoms with Crippen LogP contribution in [0.3, 0.4) is 0 Å². The van der Waals surface area contributed by atoms with Crippen LogP contribution in [0.4, 0.5) is 0 Å². The lowest BCUT2D eigenvalue weighted by Crippen LogP contribution is -1.98. The number of aryl methyl sites for hydroxylation is 2. The summed E-state index contributed by atoms with van der Waals surface area (Å²) in [5.41, 5.74) is 0.509. The minimum atomic E-state index is -3.74. The molecule has 0 fully saturated rings. The lowest BCUT2D eigenvalue weighted by Gasteiger charge is -2.06. The van der Waals surface area contributed by atoms with Crippen LogP contribution in [-0.4, -0.2) is 18.6 Å². The number of hydrogen-bond acceptors (Lipinski definition) is 6. The van der Waals surface area contributed by atoms with E-state index >= 15 is 0 Å². The second-order valence-corrected chi connectivity index (χ2v) is 6.40. The van der Waals surface area contributed by atoms with Crippen molar-refractivity contribution in [3.8, 4) is 5.75 Å². The molecular formula is C11H11ClN2O4S. The zero-order chi connectivity index (χ0) is 14.0. The normalized spacial score (nSPS) is 11.5. The first-order valence-corrected chi connectivity index (χ1v) is 7.64. The summed E-state index contributed by atoms with van der Waals surface area (Å²) in [5, 5.41) is 7.45. The Bertz CT molecular complexity index is 696. The molecule has 1 heterocycles. The van der Waals surface area contributed by atoms with Gasteiger partial charge in [0.25, 0.3) is 14.9 Å². The highest BCUT2D eigenvalue weighted by Gasteiger charge is 2.14. The molecule has 0 saturated heterocycles. The molecule has 0 aliphatic heterocycles. The van der Waals surface area contributed by atoms with Crippen molar-refractivity contribution in [1.29, 1.82) is 0 Å². The molecule has 1 aromatic carbocycles. The van der Waals surface area contributed by atoms with Crippen LogP contribution >= 0.6 is 10.7 Å². The lowest BCUT2D eigenvalue weighted by atomic mass is 10.2. The number of hydrogen-bond donors (Lipinski definition) is 0. The third kappa shape index (κ3) is 3.45. The number of aromatic nitrogens is 2.